The third-order valence-electron chi connectivity index (χ3n) is 3.60. The van der Waals surface area contributed by atoms with Crippen LogP contribution in [-0.2, 0) is 9.59 Å². The number of carbonyl (C=O) groups excluding carboxylic acids is 1. The van der Waals surface area contributed by atoms with Gasteiger partial charge in [-0.3, -0.25) is 9.59 Å². The van der Waals surface area contributed by atoms with Gasteiger partial charge in [-0.2, -0.15) is 0 Å². The zero-order valence-corrected chi connectivity index (χ0v) is 11.4. The van der Waals surface area contributed by atoms with Crippen molar-refractivity contribution in [1.29, 1.82) is 0 Å². The van der Waals surface area contributed by atoms with E-state index in [4.69, 9.17) is 5.11 Å². The van der Waals surface area contributed by atoms with Crippen molar-refractivity contribution in [3.63, 3.8) is 0 Å². The van der Waals surface area contributed by atoms with Crippen molar-refractivity contribution >= 4 is 11.9 Å². The molecular formula is C15H17F2NO3. The number of carbonyl (C=O) groups is 2. The molecule has 6 heteroatoms. The Hall–Kier alpha value is -1.98. The summed E-state index contributed by atoms with van der Waals surface area (Å²) in [5, 5.41) is 11.2. The first kappa shape index (κ1) is 15.4. The standard InChI is InChI=1S/C15H17F2NO3/c16-9-4-5-13(17)11(7-9)10-8-12(10)15(21)18-6-2-1-3-14(19)20/h4-5,7,10,12H,1-3,6,8H2,(H,18,21)(H,19,20). The third-order valence-corrected chi connectivity index (χ3v) is 3.60. The lowest BCUT2D eigenvalue weighted by Crippen LogP contribution is -2.26. The third kappa shape index (κ3) is 4.24. The minimum absolute atomic E-state index is 0.0798. The molecule has 2 atom stereocenters. The number of rotatable bonds is 7. The Morgan fingerprint density at radius 2 is 2.05 bits per heavy atom. The first-order chi connectivity index (χ1) is 9.99. The van der Waals surface area contributed by atoms with E-state index in [0.29, 0.717) is 25.8 Å². The maximum atomic E-state index is 13.6. The summed E-state index contributed by atoms with van der Waals surface area (Å²) in [6.45, 7) is 0.404. The second kappa shape index (κ2) is 6.65. The van der Waals surface area contributed by atoms with Crippen LogP contribution in [0.1, 0.15) is 37.2 Å². The van der Waals surface area contributed by atoms with E-state index in [2.05, 4.69) is 5.32 Å². The first-order valence-electron chi connectivity index (χ1n) is 6.93. The molecule has 1 aliphatic carbocycles. The molecule has 0 aliphatic heterocycles. The van der Waals surface area contributed by atoms with Gasteiger partial charge in [0.15, 0.2) is 0 Å². The average Bonchev–Trinajstić information content (AvgIpc) is 3.21. The topological polar surface area (TPSA) is 66.4 Å². The predicted octanol–water partition coefficient (Wildman–Crippen LogP) is 2.44. The van der Waals surface area contributed by atoms with E-state index >= 15 is 0 Å². The van der Waals surface area contributed by atoms with Crippen molar-refractivity contribution < 1.29 is 23.5 Å². The molecule has 4 nitrogen and oxygen atoms in total. The summed E-state index contributed by atoms with van der Waals surface area (Å²) in [4.78, 5) is 22.2. The van der Waals surface area contributed by atoms with Crippen LogP contribution in [0.3, 0.4) is 0 Å². The van der Waals surface area contributed by atoms with Gasteiger partial charge in [0, 0.05) is 18.9 Å². The van der Waals surface area contributed by atoms with Gasteiger partial charge in [0.1, 0.15) is 11.6 Å². The van der Waals surface area contributed by atoms with E-state index in [9.17, 15) is 18.4 Å². The van der Waals surface area contributed by atoms with Crippen LogP contribution >= 0.6 is 0 Å². The molecular weight excluding hydrogens is 280 g/mol. The molecule has 0 radical (unpaired) electrons. The SMILES string of the molecule is O=C(O)CCCCNC(=O)C1CC1c1cc(F)ccc1F. The van der Waals surface area contributed by atoms with Crippen molar-refractivity contribution in [2.75, 3.05) is 6.54 Å². The Bertz CT molecular complexity index is 548. The van der Waals surface area contributed by atoms with Crippen LogP contribution in [0.2, 0.25) is 0 Å². The summed E-state index contributed by atoms with van der Waals surface area (Å²) in [6, 6.07) is 3.27. The quantitative estimate of drug-likeness (QED) is 0.760. The highest BCUT2D eigenvalue weighted by Crippen LogP contribution is 2.48. The minimum atomic E-state index is -0.856. The van der Waals surface area contributed by atoms with Crippen molar-refractivity contribution in [2.45, 2.75) is 31.6 Å². The van der Waals surface area contributed by atoms with Gasteiger partial charge < -0.3 is 10.4 Å². The van der Waals surface area contributed by atoms with Crippen molar-refractivity contribution in [3.05, 3.63) is 35.4 Å². The van der Waals surface area contributed by atoms with E-state index < -0.39 is 17.6 Å². The van der Waals surface area contributed by atoms with Gasteiger partial charge in [-0.1, -0.05) is 0 Å². The molecule has 1 saturated carbocycles. The maximum Gasteiger partial charge on any atom is 0.303 e. The van der Waals surface area contributed by atoms with Gasteiger partial charge in [0.2, 0.25) is 5.91 Å². The number of benzene rings is 1. The first-order valence-corrected chi connectivity index (χ1v) is 6.93. The molecule has 1 fully saturated rings. The summed E-state index contributed by atoms with van der Waals surface area (Å²) in [5.41, 5.74) is 0.251. The molecule has 0 heterocycles. The summed E-state index contributed by atoms with van der Waals surface area (Å²) in [5.74, 6) is -2.62. The van der Waals surface area contributed by atoms with Gasteiger partial charge in [0.05, 0.1) is 0 Å². The number of halogens is 2. The highest BCUT2D eigenvalue weighted by atomic mass is 19.1. The molecule has 2 N–H and O–H groups in total. The van der Waals surface area contributed by atoms with Gasteiger partial charge >= 0.3 is 5.97 Å². The molecule has 1 aliphatic rings. The molecule has 0 saturated heterocycles. The summed E-state index contributed by atoms with van der Waals surface area (Å²) in [7, 11) is 0. The molecule has 1 amide bonds. The minimum Gasteiger partial charge on any atom is -0.481 e. The van der Waals surface area contributed by atoms with Gasteiger partial charge in [0.25, 0.3) is 0 Å². The fraction of sp³-hybridized carbons (Fsp3) is 0.467. The number of aliphatic carboxylic acids is 1. The second-order valence-corrected chi connectivity index (χ2v) is 5.26. The molecule has 21 heavy (non-hydrogen) atoms. The lowest BCUT2D eigenvalue weighted by Gasteiger charge is -2.05. The fourth-order valence-electron chi connectivity index (χ4n) is 2.37. The van der Waals surface area contributed by atoms with Crippen LogP contribution < -0.4 is 5.32 Å². The second-order valence-electron chi connectivity index (χ2n) is 5.26. The lowest BCUT2D eigenvalue weighted by atomic mass is 10.1. The number of carboxylic acids is 1. The molecule has 0 bridgehead atoms. The van der Waals surface area contributed by atoms with Crippen LogP contribution in [-0.4, -0.2) is 23.5 Å². The number of amides is 1. The molecule has 0 spiro atoms. The lowest BCUT2D eigenvalue weighted by molar-refractivity contribution is -0.137. The Labute approximate surface area is 121 Å². The van der Waals surface area contributed by atoms with E-state index in [1.54, 1.807) is 0 Å². The number of unbranched alkanes of at least 4 members (excludes halogenated alkanes) is 1. The van der Waals surface area contributed by atoms with E-state index in [-0.39, 0.29) is 29.7 Å². The Kier molecular flexibility index (Phi) is 4.88. The van der Waals surface area contributed by atoms with Crippen LogP contribution in [0.4, 0.5) is 8.78 Å². The average molecular weight is 297 g/mol. The van der Waals surface area contributed by atoms with Gasteiger partial charge in [-0.15, -0.1) is 0 Å². The Morgan fingerprint density at radius 1 is 1.29 bits per heavy atom. The van der Waals surface area contributed by atoms with Crippen molar-refractivity contribution in [2.24, 2.45) is 5.92 Å². The van der Waals surface area contributed by atoms with Crippen LogP contribution in [0.25, 0.3) is 0 Å². The zero-order valence-electron chi connectivity index (χ0n) is 11.4. The monoisotopic (exact) mass is 297 g/mol. The highest BCUT2D eigenvalue weighted by molar-refractivity contribution is 5.82. The van der Waals surface area contributed by atoms with E-state index in [1.165, 1.54) is 0 Å². The zero-order chi connectivity index (χ0) is 15.4. The van der Waals surface area contributed by atoms with E-state index in [1.807, 2.05) is 0 Å². The number of carboxylic acid groups (broad SMARTS) is 1. The molecule has 1 aromatic rings. The summed E-state index contributed by atoms with van der Waals surface area (Å²) >= 11 is 0. The normalized spacial score (nSPS) is 20.1. The Balaban J connectivity index is 1.76. The molecule has 0 aromatic heterocycles. The van der Waals surface area contributed by atoms with E-state index in [0.717, 1.165) is 18.2 Å². The van der Waals surface area contributed by atoms with Crippen LogP contribution in [0.5, 0.6) is 0 Å². The maximum absolute atomic E-state index is 13.6. The summed E-state index contributed by atoms with van der Waals surface area (Å²) in [6.07, 6.45) is 1.68. The van der Waals surface area contributed by atoms with Crippen LogP contribution in [0.15, 0.2) is 18.2 Å². The molecule has 2 unspecified atom stereocenters. The summed E-state index contributed by atoms with van der Waals surface area (Å²) < 4.78 is 26.7. The number of hydrogen-bond donors (Lipinski definition) is 2. The van der Waals surface area contributed by atoms with Gasteiger partial charge in [-0.05, 0) is 48.9 Å². The number of hydrogen-bond acceptors (Lipinski definition) is 2. The molecule has 114 valence electrons. The molecule has 1 aromatic carbocycles. The predicted molar refractivity (Wildman–Crippen MR) is 71.7 cm³/mol. The number of nitrogens with one attached hydrogen (secondary N) is 1. The smallest absolute Gasteiger partial charge is 0.303 e. The van der Waals surface area contributed by atoms with Crippen LogP contribution in [0, 0.1) is 17.6 Å². The largest absolute Gasteiger partial charge is 0.481 e. The van der Waals surface area contributed by atoms with Gasteiger partial charge in [-0.25, -0.2) is 8.78 Å². The van der Waals surface area contributed by atoms with Crippen molar-refractivity contribution in [1.82, 2.24) is 5.32 Å². The van der Waals surface area contributed by atoms with Crippen molar-refractivity contribution in [3.8, 4) is 0 Å². The fourth-order valence-corrected chi connectivity index (χ4v) is 2.37. The Morgan fingerprint density at radius 3 is 2.76 bits per heavy atom. The molecule has 2 rings (SSSR count). The highest BCUT2D eigenvalue weighted by Gasteiger charge is 2.45.